The molecule has 2 heterocycles. The number of hydrogen-bond acceptors (Lipinski definition) is 4. The van der Waals surface area contributed by atoms with Crippen LogP contribution >= 0.6 is 0 Å². The summed E-state index contributed by atoms with van der Waals surface area (Å²) >= 11 is 0. The lowest BCUT2D eigenvalue weighted by atomic mass is 10.2. The van der Waals surface area contributed by atoms with Crippen LogP contribution in [0.15, 0.2) is 29.3 Å². The van der Waals surface area contributed by atoms with Crippen molar-refractivity contribution in [2.75, 3.05) is 57.8 Å². The predicted molar refractivity (Wildman–Crippen MR) is 122 cm³/mol. The third kappa shape index (κ3) is 6.44. The molecule has 166 valence electrons. The number of benzene rings is 1. The minimum Gasteiger partial charge on any atom is -0.374 e. The summed E-state index contributed by atoms with van der Waals surface area (Å²) in [5.74, 6) is 1.63. The number of hydrogen-bond donors (Lipinski definition) is 2. The van der Waals surface area contributed by atoms with E-state index in [1.54, 1.807) is 7.05 Å². The van der Waals surface area contributed by atoms with Crippen LogP contribution in [0.2, 0.25) is 0 Å². The van der Waals surface area contributed by atoms with Crippen molar-refractivity contribution >= 4 is 17.6 Å². The van der Waals surface area contributed by atoms with Crippen LogP contribution < -0.4 is 15.5 Å². The smallest absolute Gasteiger partial charge is 0.227 e. The van der Waals surface area contributed by atoms with Gasteiger partial charge in [-0.1, -0.05) is 32.0 Å². The maximum atomic E-state index is 12.6. The number of nitrogens with one attached hydrogen (secondary N) is 2. The molecule has 1 aromatic rings. The van der Waals surface area contributed by atoms with E-state index in [0.717, 1.165) is 63.8 Å². The van der Waals surface area contributed by atoms with E-state index in [1.807, 2.05) is 23.1 Å². The Hall–Kier alpha value is -2.12. The van der Waals surface area contributed by atoms with Gasteiger partial charge in [0.15, 0.2) is 5.96 Å². The van der Waals surface area contributed by atoms with E-state index in [4.69, 9.17) is 4.74 Å². The molecule has 7 heteroatoms. The number of para-hydroxylation sites is 1. The summed E-state index contributed by atoms with van der Waals surface area (Å²) in [4.78, 5) is 21.3. The lowest BCUT2D eigenvalue weighted by Gasteiger charge is -2.34. The topological polar surface area (TPSA) is 69.2 Å². The number of amides is 1. The van der Waals surface area contributed by atoms with Gasteiger partial charge in [0.1, 0.15) is 0 Å². The molecule has 3 rings (SSSR count). The van der Waals surface area contributed by atoms with Gasteiger partial charge in [0.2, 0.25) is 5.91 Å². The molecule has 0 bridgehead atoms. The fourth-order valence-electron chi connectivity index (χ4n) is 4.20. The molecule has 1 saturated heterocycles. The minimum atomic E-state index is 0.174. The Balaban J connectivity index is 1.33. The zero-order valence-corrected chi connectivity index (χ0v) is 18.7. The molecule has 0 aromatic heterocycles. The van der Waals surface area contributed by atoms with Crippen LogP contribution in [-0.2, 0) is 16.0 Å². The van der Waals surface area contributed by atoms with Gasteiger partial charge in [-0.25, -0.2) is 0 Å². The van der Waals surface area contributed by atoms with E-state index in [-0.39, 0.29) is 12.0 Å². The first-order chi connectivity index (χ1) is 14.6. The molecule has 30 heavy (non-hydrogen) atoms. The zero-order valence-electron chi connectivity index (χ0n) is 18.7. The molecule has 2 aliphatic heterocycles. The molecule has 1 atom stereocenters. The number of carbonyl (C=O) groups is 1. The van der Waals surface area contributed by atoms with Gasteiger partial charge in [0.25, 0.3) is 0 Å². The summed E-state index contributed by atoms with van der Waals surface area (Å²) in [6.45, 7) is 10.6. The Morgan fingerprint density at radius 2 is 2.10 bits per heavy atom. The lowest BCUT2D eigenvalue weighted by molar-refractivity contribution is -0.118. The van der Waals surface area contributed by atoms with Gasteiger partial charge in [0, 0.05) is 58.4 Å². The van der Waals surface area contributed by atoms with Crippen molar-refractivity contribution in [1.82, 2.24) is 15.5 Å². The molecule has 1 amide bonds. The van der Waals surface area contributed by atoms with Crippen molar-refractivity contribution in [2.24, 2.45) is 10.9 Å². The predicted octanol–water partition coefficient (Wildman–Crippen LogP) is 1.88. The average Bonchev–Trinajstić information content (AvgIpc) is 3.17. The lowest BCUT2D eigenvalue weighted by Crippen LogP contribution is -2.50. The maximum absolute atomic E-state index is 12.6. The van der Waals surface area contributed by atoms with E-state index in [1.165, 1.54) is 5.56 Å². The minimum absolute atomic E-state index is 0.174. The zero-order chi connectivity index (χ0) is 21.3. The Morgan fingerprint density at radius 1 is 1.27 bits per heavy atom. The van der Waals surface area contributed by atoms with E-state index in [0.29, 0.717) is 18.9 Å². The normalized spacial score (nSPS) is 19.8. The summed E-state index contributed by atoms with van der Waals surface area (Å²) < 4.78 is 5.89. The quantitative estimate of drug-likeness (QED) is 0.385. The molecule has 1 fully saturated rings. The molecule has 1 aromatic carbocycles. The van der Waals surface area contributed by atoms with E-state index < -0.39 is 0 Å². The number of aliphatic imine (C=N–C) groups is 1. The van der Waals surface area contributed by atoms with Crippen LogP contribution in [-0.4, -0.2) is 75.8 Å². The summed E-state index contributed by atoms with van der Waals surface area (Å²) in [5, 5.41) is 6.68. The third-order valence-electron chi connectivity index (χ3n) is 5.62. The molecule has 2 N–H and O–H groups in total. The molecule has 0 spiro atoms. The number of rotatable bonds is 8. The van der Waals surface area contributed by atoms with Crippen molar-refractivity contribution in [3.05, 3.63) is 29.8 Å². The second-order valence-corrected chi connectivity index (χ2v) is 8.55. The molecule has 0 aliphatic carbocycles. The van der Waals surface area contributed by atoms with Crippen LogP contribution in [0, 0.1) is 5.92 Å². The van der Waals surface area contributed by atoms with Gasteiger partial charge in [-0.15, -0.1) is 0 Å². The van der Waals surface area contributed by atoms with Crippen LogP contribution in [0.5, 0.6) is 0 Å². The Kier molecular flexibility index (Phi) is 8.51. The largest absolute Gasteiger partial charge is 0.374 e. The first kappa shape index (κ1) is 22.6. The Labute approximate surface area is 180 Å². The van der Waals surface area contributed by atoms with Crippen molar-refractivity contribution in [1.29, 1.82) is 0 Å². The number of anilines is 1. The first-order valence-corrected chi connectivity index (χ1v) is 11.2. The highest BCUT2D eigenvalue weighted by atomic mass is 16.5. The van der Waals surface area contributed by atoms with E-state index >= 15 is 0 Å². The van der Waals surface area contributed by atoms with Gasteiger partial charge in [-0.3, -0.25) is 14.7 Å². The Bertz CT molecular complexity index is 721. The fraction of sp³-hybridized carbons (Fsp3) is 0.652. The molecule has 0 radical (unpaired) electrons. The standard InChI is InChI=1S/C23H37N5O2/c1-18(2)16-27-13-14-30-20(17-27)15-26-23(24-3)25-11-6-9-22(29)28-12-10-19-7-4-5-8-21(19)28/h4-5,7-8,18,20H,6,9-17H2,1-3H3,(H2,24,25,26). The molecular formula is C23H37N5O2. The number of guanidine groups is 1. The van der Waals surface area contributed by atoms with E-state index in [9.17, 15) is 4.79 Å². The second kappa shape index (κ2) is 11.3. The fourth-order valence-corrected chi connectivity index (χ4v) is 4.20. The number of ether oxygens (including phenoxy) is 1. The van der Waals surface area contributed by atoms with Crippen LogP contribution in [0.1, 0.15) is 32.3 Å². The molecular weight excluding hydrogens is 378 g/mol. The SMILES string of the molecule is CN=C(NCCCC(=O)N1CCc2ccccc21)NCC1CN(CC(C)C)CCO1. The number of morpholine rings is 1. The summed E-state index contributed by atoms with van der Waals surface area (Å²) in [6, 6.07) is 8.19. The monoisotopic (exact) mass is 415 g/mol. The van der Waals surface area contributed by atoms with Gasteiger partial charge in [-0.05, 0) is 30.4 Å². The van der Waals surface area contributed by atoms with Gasteiger partial charge < -0.3 is 20.3 Å². The van der Waals surface area contributed by atoms with Gasteiger partial charge in [0.05, 0.1) is 12.7 Å². The maximum Gasteiger partial charge on any atom is 0.227 e. The molecule has 2 aliphatic rings. The number of fused-ring (bicyclic) bond motifs is 1. The highest BCUT2D eigenvalue weighted by molar-refractivity contribution is 5.95. The van der Waals surface area contributed by atoms with E-state index in [2.05, 4.69) is 40.4 Å². The molecule has 0 saturated carbocycles. The molecule has 7 nitrogen and oxygen atoms in total. The average molecular weight is 416 g/mol. The Morgan fingerprint density at radius 3 is 2.90 bits per heavy atom. The number of carbonyl (C=O) groups excluding carboxylic acids is 1. The summed E-state index contributed by atoms with van der Waals surface area (Å²) in [7, 11) is 1.77. The highest BCUT2D eigenvalue weighted by Gasteiger charge is 2.23. The summed E-state index contributed by atoms with van der Waals surface area (Å²) in [6.07, 6.45) is 2.44. The second-order valence-electron chi connectivity index (χ2n) is 8.55. The van der Waals surface area contributed by atoms with Crippen molar-refractivity contribution in [3.63, 3.8) is 0 Å². The van der Waals surface area contributed by atoms with Crippen molar-refractivity contribution in [2.45, 2.75) is 39.2 Å². The first-order valence-electron chi connectivity index (χ1n) is 11.2. The van der Waals surface area contributed by atoms with Crippen LogP contribution in [0.3, 0.4) is 0 Å². The van der Waals surface area contributed by atoms with Crippen molar-refractivity contribution in [3.8, 4) is 0 Å². The highest BCUT2D eigenvalue weighted by Crippen LogP contribution is 2.27. The van der Waals surface area contributed by atoms with Crippen LogP contribution in [0.25, 0.3) is 0 Å². The van der Waals surface area contributed by atoms with Crippen molar-refractivity contribution < 1.29 is 9.53 Å². The summed E-state index contributed by atoms with van der Waals surface area (Å²) in [5.41, 5.74) is 2.34. The number of nitrogens with zero attached hydrogens (tertiary/aromatic N) is 3. The van der Waals surface area contributed by atoms with Gasteiger partial charge >= 0.3 is 0 Å². The third-order valence-corrected chi connectivity index (χ3v) is 5.62. The molecule has 1 unspecified atom stereocenters. The van der Waals surface area contributed by atoms with Crippen LogP contribution in [0.4, 0.5) is 5.69 Å². The van der Waals surface area contributed by atoms with Gasteiger partial charge in [-0.2, -0.15) is 0 Å².